The number of aromatic nitrogens is 1. The van der Waals surface area contributed by atoms with Crippen LogP contribution in [0.2, 0.25) is 0 Å². The van der Waals surface area contributed by atoms with E-state index in [1.54, 1.807) is 13.0 Å². The van der Waals surface area contributed by atoms with Crippen molar-refractivity contribution < 1.29 is 14.8 Å². The van der Waals surface area contributed by atoms with Crippen molar-refractivity contribution in [1.82, 2.24) is 10.3 Å². The lowest BCUT2D eigenvalue weighted by atomic mass is 9.92. The number of rotatable bonds is 5. The molecule has 7 heteroatoms. The molecule has 0 radical (unpaired) electrons. The summed E-state index contributed by atoms with van der Waals surface area (Å²) in [6.07, 6.45) is 1.63. The van der Waals surface area contributed by atoms with Crippen molar-refractivity contribution in [3.63, 3.8) is 0 Å². The van der Waals surface area contributed by atoms with Gasteiger partial charge in [0.25, 0.3) is 5.69 Å². The summed E-state index contributed by atoms with van der Waals surface area (Å²) in [5.41, 5.74) is 1.54. The van der Waals surface area contributed by atoms with Gasteiger partial charge in [-0.3, -0.25) is 15.1 Å². The predicted octanol–water partition coefficient (Wildman–Crippen LogP) is 2.36. The lowest BCUT2D eigenvalue weighted by Gasteiger charge is -2.38. The fraction of sp³-hybridized carbons (Fsp3) is 0.389. The van der Waals surface area contributed by atoms with Gasteiger partial charge in [0, 0.05) is 18.8 Å². The molecule has 1 aromatic carbocycles. The van der Waals surface area contributed by atoms with Crippen molar-refractivity contribution in [3.05, 3.63) is 70.0 Å². The molecule has 132 valence electrons. The van der Waals surface area contributed by atoms with Crippen LogP contribution in [0.25, 0.3) is 0 Å². The van der Waals surface area contributed by atoms with Gasteiger partial charge in [-0.1, -0.05) is 30.3 Å². The second-order valence-electron chi connectivity index (χ2n) is 6.22. The van der Waals surface area contributed by atoms with Crippen molar-refractivity contribution in [2.45, 2.75) is 44.2 Å². The second kappa shape index (κ2) is 7.69. The molecule has 2 aromatic rings. The maximum atomic E-state index is 11.2. The first-order valence-corrected chi connectivity index (χ1v) is 8.25. The van der Waals surface area contributed by atoms with Gasteiger partial charge in [-0.05, 0) is 25.0 Å². The quantitative estimate of drug-likeness (QED) is 0.639. The molecule has 1 aliphatic heterocycles. The maximum Gasteiger partial charge on any atom is 0.293 e. The molecule has 4 atom stereocenters. The third-order valence-electron chi connectivity index (χ3n) is 4.53. The second-order valence-corrected chi connectivity index (χ2v) is 6.22. The number of nitrogens with one attached hydrogen (secondary N) is 1. The van der Waals surface area contributed by atoms with E-state index in [9.17, 15) is 15.2 Å². The zero-order valence-electron chi connectivity index (χ0n) is 13.9. The summed E-state index contributed by atoms with van der Waals surface area (Å²) in [5.74, 6) is 0. The first-order chi connectivity index (χ1) is 12.1. The number of hydrogen-bond acceptors (Lipinski definition) is 6. The van der Waals surface area contributed by atoms with E-state index in [1.807, 2.05) is 30.3 Å². The Bertz CT molecular complexity index is 725. The van der Waals surface area contributed by atoms with E-state index >= 15 is 0 Å². The average Bonchev–Trinajstić information content (AvgIpc) is 2.63. The number of ether oxygens (including phenoxy) is 1. The first-order valence-electron chi connectivity index (χ1n) is 8.25. The molecule has 2 heterocycles. The van der Waals surface area contributed by atoms with Gasteiger partial charge >= 0.3 is 0 Å². The third kappa shape index (κ3) is 4.01. The normalized spacial score (nSPS) is 26.3. The van der Waals surface area contributed by atoms with E-state index in [4.69, 9.17) is 4.74 Å². The number of nitro groups is 1. The van der Waals surface area contributed by atoms with Crippen LogP contribution in [0, 0.1) is 10.1 Å². The fourth-order valence-corrected chi connectivity index (χ4v) is 3.16. The van der Waals surface area contributed by atoms with Crippen LogP contribution in [0.3, 0.4) is 0 Å². The molecule has 0 spiro atoms. The Balaban J connectivity index is 1.76. The monoisotopic (exact) mass is 343 g/mol. The van der Waals surface area contributed by atoms with Crippen LogP contribution in [0.5, 0.6) is 0 Å². The van der Waals surface area contributed by atoms with Crippen LogP contribution >= 0.6 is 0 Å². The molecule has 0 amide bonds. The van der Waals surface area contributed by atoms with Crippen molar-refractivity contribution in [1.29, 1.82) is 0 Å². The SMILES string of the molecule is CC1OC(c2ccncc2[N+](=O)[O-])CC(NCc2ccccc2)C1O. The highest BCUT2D eigenvalue weighted by Gasteiger charge is 2.37. The van der Waals surface area contributed by atoms with Crippen molar-refractivity contribution in [3.8, 4) is 0 Å². The average molecular weight is 343 g/mol. The molecule has 0 aliphatic carbocycles. The highest BCUT2D eigenvalue weighted by molar-refractivity contribution is 5.39. The Kier molecular flexibility index (Phi) is 5.37. The minimum atomic E-state index is -0.680. The van der Waals surface area contributed by atoms with Gasteiger partial charge in [0.15, 0.2) is 0 Å². The van der Waals surface area contributed by atoms with Crippen LogP contribution < -0.4 is 5.32 Å². The van der Waals surface area contributed by atoms with E-state index in [0.29, 0.717) is 18.5 Å². The molecule has 0 bridgehead atoms. The molecule has 7 nitrogen and oxygen atoms in total. The molecule has 25 heavy (non-hydrogen) atoms. The van der Waals surface area contributed by atoms with Crippen LogP contribution in [0.4, 0.5) is 5.69 Å². The van der Waals surface area contributed by atoms with Gasteiger partial charge in [-0.15, -0.1) is 0 Å². The largest absolute Gasteiger partial charge is 0.389 e. The molecule has 1 saturated heterocycles. The Hall–Kier alpha value is -2.35. The predicted molar refractivity (Wildman–Crippen MR) is 91.9 cm³/mol. The van der Waals surface area contributed by atoms with Crippen molar-refractivity contribution in [2.24, 2.45) is 0 Å². The number of aliphatic hydroxyl groups excluding tert-OH is 1. The molecule has 1 aliphatic rings. The molecular weight excluding hydrogens is 322 g/mol. The van der Waals surface area contributed by atoms with Crippen molar-refractivity contribution >= 4 is 5.69 Å². The molecule has 1 fully saturated rings. The van der Waals surface area contributed by atoms with Crippen LogP contribution in [-0.4, -0.2) is 33.3 Å². The van der Waals surface area contributed by atoms with Gasteiger partial charge < -0.3 is 15.2 Å². The number of pyridine rings is 1. The van der Waals surface area contributed by atoms with E-state index in [0.717, 1.165) is 5.56 Å². The standard InChI is InChI=1S/C18H21N3O4/c1-12-18(22)15(20-10-13-5-3-2-4-6-13)9-17(25-12)14-7-8-19-11-16(14)21(23)24/h2-8,11-12,15,17-18,20,22H,9-10H2,1H3. The fourth-order valence-electron chi connectivity index (χ4n) is 3.16. The van der Waals surface area contributed by atoms with Crippen LogP contribution in [0.1, 0.15) is 30.6 Å². The van der Waals surface area contributed by atoms with E-state index < -0.39 is 23.2 Å². The van der Waals surface area contributed by atoms with Gasteiger partial charge in [-0.2, -0.15) is 0 Å². The number of benzene rings is 1. The number of nitrogens with zero attached hydrogens (tertiary/aromatic N) is 2. The minimum absolute atomic E-state index is 0.0575. The molecular formula is C18H21N3O4. The van der Waals surface area contributed by atoms with Gasteiger partial charge in [0.2, 0.25) is 0 Å². The Labute approximate surface area is 145 Å². The topological polar surface area (TPSA) is 97.5 Å². The molecule has 3 rings (SSSR count). The van der Waals surface area contributed by atoms with Gasteiger partial charge in [-0.25, -0.2) is 0 Å². The van der Waals surface area contributed by atoms with Crippen LogP contribution in [0.15, 0.2) is 48.8 Å². The van der Waals surface area contributed by atoms with E-state index in [1.165, 1.54) is 12.4 Å². The summed E-state index contributed by atoms with van der Waals surface area (Å²) in [4.78, 5) is 14.6. The summed E-state index contributed by atoms with van der Waals surface area (Å²) in [6, 6.07) is 11.3. The lowest BCUT2D eigenvalue weighted by molar-refractivity contribution is -0.386. The summed E-state index contributed by atoms with van der Waals surface area (Å²) >= 11 is 0. The molecule has 1 aromatic heterocycles. The molecule has 0 saturated carbocycles. The first kappa shape index (κ1) is 17.5. The zero-order valence-corrected chi connectivity index (χ0v) is 13.9. The van der Waals surface area contributed by atoms with E-state index in [2.05, 4.69) is 10.3 Å². The molecule has 4 unspecified atom stereocenters. The van der Waals surface area contributed by atoms with Gasteiger partial charge in [0.05, 0.1) is 28.8 Å². The Morgan fingerprint density at radius 2 is 2.12 bits per heavy atom. The third-order valence-corrected chi connectivity index (χ3v) is 4.53. The van der Waals surface area contributed by atoms with Crippen LogP contribution in [-0.2, 0) is 11.3 Å². The summed E-state index contributed by atoms with van der Waals surface area (Å²) in [6.45, 7) is 2.39. The number of aliphatic hydroxyl groups is 1. The Morgan fingerprint density at radius 3 is 2.84 bits per heavy atom. The van der Waals surface area contributed by atoms with Crippen molar-refractivity contribution in [2.75, 3.05) is 0 Å². The smallest absolute Gasteiger partial charge is 0.293 e. The summed E-state index contributed by atoms with van der Waals surface area (Å²) in [5, 5.41) is 25.0. The minimum Gasteiger partial charge on any atom is -0.389 e. The number of hydrogen-bond donors (Lipinski definition) is 2. The summed E-state index contributed by atoms with van der Waals surface area (Å²) in [7, 11) is 0. The van der Waals surface area contributed by atoms with Gasteiger partial charge in [0.1, 0.15) is 6.20 Å². The lowest BCUT2D eigenvalue weighted by Crippen LogP contribution is -2.51. The highest BCUT2D eigenvalue weighted by atomic mass is 16.6. The maximum absolute atomic E-state index is 11.2. The molecule has 2 N–H and O–H groups in total. The Morgan fingerprint density at radius 1 is 1.36 bits per heavy atom. The van der Waals surface area contributed by atoms with E-state index in [-0.39, 0.29) is 11.7 Å². The summed E-state index contributed by atoms with van der Waals surface area (Å²) < 4.78 is 5.84. The zero-order chi connectivity index (χ0) is 17.8. The highest BCUT2D eigenvalue weighted by Crippen LogP contribution is 2.35.